The normalized spacial score (nSPS) is 30.0. The fourth-order valence-corrected chi connectivity index (χ4v) is 3.41. The molecule has 6 heteroatoms. The van der Waals surface area contributed by atoms with Crippen molar-refractivity contribution in [3.8, 4) is 0 Å². The Morgan fingerprint density at radius 3 is 2.40 bits per heavy atom. The average molecular weight is 293 g/mol. The maximum Gasteiger partial charge on any atom is 0.401 e. The lowest BCUT2D eigenvalue weighted by molar-refractivity contribution is -0.143. The molecule has 2 aliphatic heterocycles. The summed E-state index contributed by atoms with van der Waals surface area (Å²) in [6.07, 6.45) is -0.656. The van der Waals surface area contributed by atoms with Crippen molar-refractivity contribution in [1.29, 1.82) is 0 Å². The van der Waals surface area contributed by atoms with Gasteiger partial charge < -0.3 is 10.2 Å². The summed E-state index contributed by atoms with van der Waals surface area (Å²) in [5.41, 5.74) is 0. The van der Waals surface area contributed by atoms with Gasteiger partial charge in [0, 0.05) is 13.1 Å². The summed E-state index contributed by atoms with van der Waals surface area (Å²) in [5.74, 6) is 1.07. The topological polar surface area (TPSA) is 18.5 Å². The van der Waals surface area contributed by atoms with E-state index in [0.29, 0.717) is 24.9 Å². The zero-order valence-electron chi connectivity index (χ0n) is 12.3. The highest BCUT2D eigenvalue weighted by molar-refractivity contribution is 4.80. The molecule has 0 bridgehead atoms. The third-order valence-electron chi connectivity index (χ3n) is 4.36. The first-order chi connectivity index (χ1) is 9.42. The summed E-state index contributed by atoms with van der Waals surface area (Å²) in [5, 5.41) is 3.47. The summed E-state index contributed by atoms with van der Waals surface area (Å²) in [6, 6.07) is 0. The number of likely N-dealkylation sites (tertiary alicyclic amines) is 2. The van der Waals surface area contributed by atoms with E-state index in [1.54, 1.807) is 0 Å². The van der Waals surface area contributed by atoms with Gasteiger partial charge in [0.1, 0.15) is 0 Å². The predicted octanol–water partition coefficient (Wildman–Crippen LogP) is 1.80. The highest BCUT2D eigenvalue weighted by atomic mass is 19.4. The highest BCUT2D eigenvalue weighted by Crippen LogP contribution is 2.22. The molecule has 0 amide bonds. The second-order valence-corrected chi connectivity index (χ2v) is 6.43. The van der Waals surface area contributed by atoms with Crippen LogP contribution in [0.4, 0.5) is 13.2 Å². The Morgan fingerprint density at radius 1 is 1.05 bits per heavy atom. The van der Waals surface area contributed by atoms with E-state index in [-0.39, 0.29) is 0 Å². The Hall–Kier alpha value is -0.330. The number of rotatable bonds is 5. The summed E-state index contributed by atoms with van der Waals surface area (Å²) < 4.78 is 36.9. The van der Waals surface area contributed by atoms with Crippen LogP contribution >= 0.6 is 0 Å². The van der Waals surface area contributed by atoms with Crippen LogP contribution in [0.2, 0.25) is 0 Å². The fourth-order valence-electron chi connectivity index (χ4n) is 3.41. The molecule has 2 heterocycles. The van der Waals surface area contributed by atoms with Crippen LogP contribution < -0.4 is 5.32 Å². The van der Waals surface area contributed by atoms with Crippen LogP contribution in [0.1, 0.15) is 19.3 Å². The monoisotopic (exact) mass is 293 g/mol. The van der Waals surface area contributed by atoms with Gasteiger partial charge in [0.15, 0.2) is 0 Å². The molecule has 20 heavy (non-hydrogen) atoms. The molecule has 0 aromatic heterocycles. The molecule has 0 saturated carbocycles. The number of nitrogens with one attached hydrogen (secondary N) is 1. The lowest BCUT2D eigenvalue weighted by Crippen LogP contribution is -2.39. The SMILES string of the molecule is CN1CCCC(CNCC2CCN(CC(F)(F)F)C2)C1. The lowest BCUT2D eigenvalue weighted by atomic mass is 9.98. The summed E-state index contributed by atoms with van der Waals surface area (Å²) in [6.45, 7) is 4.59. The van der Waals surface area contributed by atoms with Crippen molar-refractivity contribution in [3.63, 3.8) is 0 Å². The summed E-state index contributed by atoms with van der Waals surface area (Å²) in [7, 11) is 2.15. The first kappa shape index (κ1) is 16.0. The quantitative estimate of drug-likeness (QED) is 0.834. The van der Waals surface area contributed by atoms with E-state index in [1.807, 2.05) is 0 Å². The van der Waals surface area contributed by atoms with E-state index in [0.717, 1.165) is 26.1 Å². The van der Waals surface area contributed by atoms with E-state index in [4.69, 9.17) is 0 Å². The number of piperidine rings is 1. The number of nitrogens with zero attached hydrogens (tertiary/aromatic N) is 2. The van der Waals surface area contributed by atoms with Crippen molar-refractivity contribution in [1.82, 2.24) is 15.1 Å². The van der Waals surface area contributed by atoms with Gasteiger partial charge in [0.2, 0.25) is 0 Å². The molecule has 2 unspecified atom stereocenters. The van der Waals surface area contributed by atoms with Gasteiger partial charge in [-0.3, -0.25) is 4.90 Å². The van der Waals surface area contributed by atoms with Crippen molar-refractivity contribution >= 4 is 0 Å². The van der Waals surface area contributed by atoms with Crippen LogP contribution in [-0.2, 0) is 0 Å². The number of hydrogen-bond donors (Lipinski definition) is 1. The highest BCUT2D eigenvalue weighted by Gasteiger charge is 2.34. The molecule has 118 valence electrons. The fraction of sp³-hybridized carbons (Fsp3) is 1.00. The van der Waals surface area contributed by atoms with Crippen LogP contribution in [0.15, 0.2) is 0 Å². The predicted molar refractivity (Wildman–Crippen MR) is 73.7 cm³/mol. The van der Waals surface area contributed by atoms with Gasteiger partial charge in [0.25, 0.3) is 0 Å². The molecule has 0 aromatic rings. The molecular weight excluding hydrogens is 267 g/mol. The second-order valence-electron chi connectivity index (χ2n) is 6.43. The van der Waals surface area contributed by atoms with Crippen LogP contribution in [0.3, 0.4) is 0 Å². The Bertz CT molecular complexity index is 296. The third kappa shape index (κ3) is 5.58. The van der Waals surface area contributed by atoms with Gasteiger partial charge >= 0.3 is 6.18 Å². The zero-order chi connectivity index (χ0) is 14.6. The van der Waals surface area contributed by atoms with Gasteiger partial charge in [-0.25, -0.2) is 0 Å². The summed E-state index contributed by atoms with van der Waals surface area (Å²) in [4.78, 5) is 3.89. The van der Waals surface area contributed by atoms with E-state index >= 15 is 0 Å². The van der Waals surface area contributed by atoms with Crippen molar-refractivity contribution < 1.29 is 13.2 Å². The number of alkyl halides is 3. The zero-order valence-corrected chi connectivity index (χ0v) is 12.3. The number of halogens is 3. The van der Waals surface area contributed by atoms with Gasteiger partial charge in [-0.05, 0) is 64.3 Å². The van der Waals surface area contributed by atoms with E-state index in [2.05, 4.69) is 17.3 Å². The molecule has 0 radical (unpaired) electrons. The van der Waals surface area contributed by atoms with Crippen molar-refractivity contribution in [3.05, 3.63) is 0 Å². The second kappa shape index (κ2) is 7.09. The van der Waals surface area contributed by atoms with Crippen molar-refractivity contribution in [2.45, 2.75) is 25.4 Å². The Morgan fingerprint density at radius 2 is 1.75 bits per heavy atom. The largest absolute Gasteiger partial charge is 0.401 e. The molecule has 2 atom stereocenters. The standard InChI is InChI=1S/C14H26F3N3/c1-19-5-2-3-12(9-19)7-18-8-13-4-6-20(10-13)11-14(15,16)17/h12-13,18H,2-11H2,1H3. The number of hydrogen-bond acceptors (Lipinski definition) is 3. The Labute approximate surface area is 119 Å². The van der Waals surface area contributed by atoms with Gasteiger partial charge in [-0.1, -0.05) is 0 Å². The van der Waals surface area contributed by atoms with Gasteiger partial charge in [0.05, 0.1) is 6.54 Å². The lowest BCUT2D eigenvalue weighted by Gasteiger charge is -2.30. The minimum absolute atomic E-state index is 0.374. The van der Waals surface area contributed by atoms with E-state index in [9.17, 15) is 13.2 Å². The summed E-state index contributed by atoms with van der Waals surface area (Å²) >= 11 is 0. The maximum atomic E-state index is 12.3. The van der Waals surface area contributed by atoms with Gasteiger partial charge in [-0.15, -0.1) is 0 Å². The molecule has 1 N–H and O–H groups in total. The van der Waals surface area contributed by atoms with Crippen molar-refractivity contribution in [2.75, 3.05) is 52.9 Å². The molecular formula is C14H26F3N3. The van der Waals surface area contributed by atoms with Crippen LogP contribution in [0.5, 0.6) is 0 Å². The van der Waals surface area contributed by atoms with E-state index in [1.165, 1.54) is 24.3 Å². The van der Waals surface area contributed by atoms with Crippen LogP contribution in [0, 0.1) is 11.8 Å². The first-order valence-corrected chi connectivity index (χ1v) is 7.61. The maximum absolute atomic E-state index is 12.3. The van der Waals surface area contributed by atoms with E-state index < -0.39 is 12.7 Å². The molecule has 0 aromatic carbocycles. The first-order valence-electron chi connectivity index (χ1n) is 7.61. The van der Waals surface area contributed by atoms with Crippen LogP contribution in [0.25, 0.3) is 0 Å². The molecule has 2 saturated heterocycles. The molecule has 0 aliphatic carbocycles. The average Bonchev–Trinajstić information content (AvgIpc) is 2.74. The van der Waals surface area contributed by atoms with Crippen LogP contribution in [-0.4, -0.2) is 68.8 Å². The Balaban J connectivity index is 1.59. The van der Waals surface area contributed by atoms with Gasteiger partial charge in [-0.2, -0.15) is 13.2 Å². The van der Waals surface area contributed by atoms with Crippen molar-refractivity contribution in [2.24, 2.45) is 11.8 Å². The minimum atomic E-state index is -4.06. The molecule has 2 rings (SSSR count). The Kier molecular flexibility index (Phi) is 5.69. The smallest absolute Gasteiger partial charge is 0.316 e. The molecule has 0 spiro atoms. The minimum Gasteiger partial charge on any atom is -0.316 e. The molecule has 2 fully saturated rings. The third-order valence-corrected chi connectivity index (χ3v) is 4.36. The molecule has 3 nitrogen and oxygen atoms in total. The molecule has 2 aliphatic rings.